The Kier molecular flexibility index (Phi) is 208. The van der Waals surface area contributed by atoms with Gasteiger partial charge in [0.25, 0.3) is 0 Å². The first kappa shape index (κ1) is 24.8. The Hall–Kier alpha value is -0.120. The fourth-order valence-corrected chi connectivity index (χ4v) is 0. The molecule has 0 saturated carbocycles. The summed E-state index contributed by atoms with van der Waals surface area (Å²) in [5.74, 6) is 0. The lowest BCUT2D eigenvalue weighted by Gasteiger charge is -1.59. The zero-order valence-electron chi connectivity index (χ0n) is 5.50. The monoisotopic (exact) mass is 124 g/mol. The molecule has 3 nitrogen and oxygen atoms in total. The van der Waals surface area contributed by atoms with Crippen molar-refractivity contribution in [2.24, 2.45) is 0 Å². The van der Waals surface area contributed by atoms with E-state index < -0.39 is 0 Å². The Morgan fingerprint density at radius 2 is 0.750 bits per heavy atom. The minimum Gasteiger partial charge on any atom is -0.412 e. The molecule has 0 fully saturated rings. The normalized spacial score (nSPS) is 4.50. The average molecular weight is 124 g/mol. The van der Waals surface area contributed by atoms with Crippen LogP contribution in [0.3, 0.4) is 0 Å². The predicted octanol–water partition coefficient (Wildman–Crippen LogP) is -0.517. The minimum atomic E-state index is 0. The lowest BCUT2D eigenvalue weighted by Crippen LogP contribution is -1.89. The van der Waals surface area contributed by atoms with Crippen LogP contribution in [0, 0.1) is 0 Å². The number of hydrogen-bond donors (Lipinski definition) is 2. The van der Waals surface area contributed by atoms with Crippen molar-refractivity contribution >= 4 is 0 Å². The first-order valence-corrected chi connectivity index (χ1v) is 2.00. The molecule has 0 aromatic carbocycles. The Morgan fingerprint density at radius 1 is 0.750 bits per heavy atom. The maximum atomic E-state index is 2.75. The maximum Gasteiger partial charge on any atom is -0.0167 e. The van der Waals surface area contributed by atoms with Crippen molar-refractivity contribution in [3.05, 3.63) is 0 Å². The molecule has 0 amide bonds. The van der Waals surface area contributed by atoms with Crippen molar-refractivity contribution in [3.8, 4) is 0 Å². The van der Waals surface area contributed by atoms with Gasteiger partial charge < -0.3 is 16.1 Å². The fraction of sp³-hybridized carbons (Fsp3) is 1.00. The van der Waals surface area contributed by atoms with E-state index in [1.54, 1.807) is 0 Å². The summed E-state index contributed by atoms with van der Waals surface area (Å²) in [5, 5.41) is 5.50. The third kappa shape index (κ3) is 9720. The summed E-state index contributed by atoms with van der Waals surface area (Å²) in [6.45, 7) is 0. The van der Waals surface area contributed by atoms with Crippen LogP contribution in [0.5, 0.6) is 0 Å². The van der Waals surface area contributed by atoms with Gasteiger partial charge in [0, 0.05) is 0 Å². The van der Waals surface area contributed by atoms with Gasteiger partial charge in [-0.2, -0.15) is 0 Å². The SMILES string of the molecule is C.CNC.CNC.O. The summed E-state index contributed by atoms with van der Waals surface area (Å²) in [4.78, 5) is 0. The van der Waals surface area contributed by atoms with Crippen molar-refractivity contribution in [1.29, 1.82) is 0 Å². The molecule has 0 aromatic rings. The third-order valence-electron chi connectivity index (χ3n) is 0. The van der Waals surface area contributed by atoms with E-state index in [2.05, 4.69) is 10.6 Å². The summed E-state index contributed by atoms with van der Waals surface area (Å²) in [6.07, 6.45) is 0. The second kappa shape index (κ2) is 67.3. The molecule has 0 rings (SSSR count). The minimum absolute atomic E-state index is 0. The lowest BCUT2D eigenvalue weighted by atomic mass is 11.3. The second-order valence-corrected chi connectivity index (χ2v) is 1.00. The highest BCUT2D eigenvalue weighted by Gasteiger charge is 1.26. The molecular weight excluding hydrogens is 104 g/mol. The molecule has 0 aliphatic heterocycles. The highest BCUT2D eigenvalue weighted by atomic mass is 16.0. The molecule has 0 saturated heterocycles. The van der Waals surface area contributed by atoms with E-state index in [9.17, 15) is 0 Å². The average Bonchev–Trinajstić information content (AvgIpc) is 1.39. The van der Waals surface area contributed by atoms with Gasteiger partial charge in [-0.15, -0.1) is 0 Å². The van der Waals surface area contributed by atoms with Crippen molar-refractivity contribution in [2.75, 3.05) is 28.2 Å². The molecule has 56 valence electrons. The maximum absolute atomic E-state index is 2.75. The van der Waals surface area contributed by atoms with Crippen LogP contribution in [0.15, 0.2) is 0 Å². The lowest BCUT2D eigenvalue weighted by molar-refractivity contribution is 0.824. The van der Waals surface area contributed by atoms with E-state index >= 15 is 0 Å². The Labute approximate surface area is 52.8 Å². The summed E-state index contributed by atoms with van der Waals surface area (Å²) < 4.78 is 0. The van der Waals surface area contributed by atoms with Crippen LogP contribution in [0.2, 0.25) is 0 Å². The van der Waals surface area contributed by atoms with Gasteiger partial charge in [0.2, 0.25) is 0 Å². The number of rotatable bonds is 0. The van der Waals surface area contributed by atoms with Crippen molar-refractivity contribution in [1.82, 2.24) is 10.6 Å². The van der Waals surface area contributed by atoms with Gasteiger partial charge in [-0.3, -0.25) is 0 Å². The molecule has 0 aliphatic carbocycles. The summed E-state index contributed by atoms with van der Waals surface area (Å²) in [6, 6.07) is 0. The van der Waals surface area contributed by atoms with Crippen LogP contribution >= 0.6 is 0 Å². The summed E-state index contributed by atoms with van der Waals surface area (Å²) in [7, 11) is 7.50. The van der Waals surface area contributed by atoms with Crippen molar-refractivity contribution in [2.45, 2.75) is 7.43 Å². The smallest absolute Gasteiger partial charge is 0.0167 e. The van der Waals surface area contributed by atoms with E-state index in [4.69, 9.17) is 0 Å². The first-order valence-electron chi connectivity index (χ1n) is 2.00. The van der Waals surface area contributed by atoms with Gasteiger partial charge in [0.15, 0.2) is 0 Å². The Bertz CT molecular complexity index is 12.4. The standard InChI is InChI=1S/2C2H7N.CH4.H2O/c2*1-3-2;;/h2*3H,1-2H3;1H4;1H2. The Balaban J connectivity index is -0.0000000160. The molecule has 0 aliphatic rings. The van der Waals surface area contributed by atoms with E-state index in [-0.39, 0.29) is 12.9 Å². The molecular formula is C5H20N2O. The zero-order chi connectivity index (χ0) is 5.41. The van der Waals surface area contributed by atoms with E-state index in [0.717, 1.165) is 0 Å². The van der Waals surface area contributed by atoms with E-state index in [1.165, 1.54) is 0 Å². The molecule has 3 heteroatoms. The number of hydrogen-bond acceptors (Lipinski definition) is 2. The zero-order valence-corrected chi connectivity index (χ0v) is 5.50. The molecule has 0 atom stereocenters. The molecule has 0 unspecified atom stereocenters. The van der Waals surface area contributed by atoms with Gasteiger partial charge >= 0.3 is 0 Å². The van der Waals surface area contributed by atoms with Gasteiger partial charge in [0.1, 0.15) is 0 Å². The van der Waals surface area contributed by atoms with Gasteiger partial charge in [-0.05, 0) is 28.2 Å². The van der Waals surface area contributed by atoms with Crippen LogP contribution in [0.25, 0.3) is 0 Å². The quantitative estimate of drug-likeness (QED) is 0.456. The summed E-state index contributed by atoms with van der Waals surface area (Å²) >= 11 is 0. The molecule has 0 spiro atoms. The third-order valence-corrected chi connectivity index (χ3v) is 0. The van der Waals surface area contributed by atoms with Crippen LogP contribution in [0.4, 0.5) is 0 Å². The van der Waals surface area contributed by atoms with E-state index in [0.29, 0.717) is 0 Å². The topological polar surface area (TPSA) is 55.6 Å². The van der Waals surface area contributed by atoms with Crippen molar-refractivity contribution < 1.29 is 5.48 Å². The van der Waals surface area contributed by atoms with Crippen LogP contribution < -0.4 is 10.6 Å². The molecule has 8 heavy (non-hydrogen) atoms. The number of nitrogens with one attached hydrogen (secondary N) is 2. The van der Waals surface area contributed by atoms with Crippen molar-refractivity contribution in [3.63, 3.8) is 0 Å². The van der Waals surface area contributed by atoms with Gasteiger partial charge in [-0.1, -0.05) is 7.43 Å². The molecule has 0 aromatic heterocycles. The highest BCUT2D eigenvalue weighted by Crippen LogP contribution is 0.984. The molecule has 0 heterocycles. The second-order valence-electron chi connectivity index (χ2n) is 1.00. The van der Waals surface area contributed by atoms with Gasteiger partial charge in [0.05, 0.1) is 0 Å². The molecule has 0 radical (unpaired) electrons. The Morgan fingerprint density at radius 3 is 0.750 bits per heavy atom. The molecule has 0 bridgehead atoms. The van der Waals surface area contributed by atoms with Crippen LogP contribution in [-0.4, -0.2) is 33.7 Å². The van der Waals surface area contributed by atoms with Crippen LogP contribution in [0.1, 0.15) is 7.43 Å². The first-order chi connectivity index (χ1) is 2.83. The predicted molar refractivity (Wildman–Crippen MR) is 40.3 cm³/mol. The van der Waals surface area contributed by atoms with Crippen LogP contribution in [-0.2, 0) is 0 Å². The van der Waals surface area contributed by atoms with Gasteiger partial charge in [-0.25, -0.2) is 0 Å². The fourth-order valence-electron chi connectivity index (χ4n) is 0. The summed E-state index contributed by atoms with van der Waals surface area (Å²) in [5.41, 5.74) is 0. The molecule has 4 N–H and O–H groups in total. The van der Waals surface area contributed by atoms with E-state index in [1.807, 2.05) is 28.2 Å². The largest absolute Gasteiger partial charge is 0.412 e. The highest BCUT2D eigenvalue weighted by molar-refractivity contribution is 3.91.